The zero-order valence-corrected chi connectivity index (χ0v) is 25.7. The van der Waals surface area contributed by atoms with E-state index in [-0.39, 0.29) is 0 Å². The fourth-order valence-electron chi connectivity index (χ4n) is 9.63. The SMILES string of the molecule is CC(C)CCCC(C)C1CCC2C3CC=C4c5sc(Nc6ccccc6Cl)nc5CCC4(C)C3CCC12C. The maximum absolute atomic E-state index is 6.44. The number of aryl methyl sites for hydroxylation is 1. The van der Waals surface area contributed by atoms with Crippen LogP contribution in [0.3, 0.4) is 0 Å². The quantitative estimate of drug-likeness (QED) is 0.370. The van der Waals surface area contributed by atoms with E-state index in [1.54, 1.807) is 5.57 Å². The Labute approximate surface area is 240 Å². The number of halogens is 1. The Morgan fingerprint density at radius 3 is 2.66 bits per heavy atom. The first-order valence-corrected chi connectivity index (χ1v) is 16.6. The lowest BCUT2D eigenvalue weighted by atomic mass is 9.47. The van der Waals surface area contributed by atoms with E-state index in [1.807, 2.05) is 35.6 Å². The Bertz CT molecular complexity index is 1200. The number of thiazole rings is 1. The van der Waals surface area contributed by atoms with Crippen molar-refractivity contribution in [2.45, 2.75) is 98.8 Å². The topological polar surface area (TPSA) is 24.9 Å². The van der Waals surface area contributed by atoms with Gasteiger partial charge in [-0.2, -0.15) is 0 Å². The van der Waals surface area contributed by atoms with E-state index in [0.717, 1.165) is 57.8 Å². The molecule has 0 radical (unpaired) electrons. The fraction of sp³-hybridized carbons (Fsp3) is 0.676. The third-order valence-electron chi connectivity index (χ3n) is 11.6. The van der Waals surface area contributed by atoms with Crippen LogP contribution in [0.4, 0.5) is 10.8 Å². The van der Waals surface area contributed by atoms with Crippen LogP contribution in [0.15, 0.2) is 30.3 Å². The predicted molar refractivity (Wildman–Crippen MR) is 164 cm³/mol. The Morgan fingerprint density at radius 2 is 1.87 bits per heavy atom. The van der Waals surface area contributed by atoms with Gasteiger partial charge in [-0.15, -0.1) is 0 Å². The summed E-state index contributed by atoms with van der Waals surface area (Å²) in [5.74, 6) is 5.25. The molecule has 0 amide bonds. The minimum atomic E-state index is 0.298. The van der Waals surface area contributed by atoms with E-state index < -0.39 is 0 Å². The Morgan fingerprint density at radius 1 is 1.05 bits per heavy atom. The number of allylic oxidation sites excluding steroid dienone is 2. The van der Waals surface area contributed by atoms with Crippen molar-refractivity contribution in [3.05, 3.63) is 45.9 Å². The summed E-state index contributed by atoms with van der Waals surface area (Å²) in [6.45, 7) is 12.7. The highest BCUT2D eigenvalue weighted by molar-refractivity contribution is 7.16. The first-order valence-electron chi connectivity index (χ1n) is 15.4. The molecule has 7 unspecified atom stereocenters. The second-order valence-electron chi connectivity index (χ2n) is 14.1. The van der Waals surface area contributed by atoms with Crippen LogP contribution in [-0.4, -0.2) is 4.98 Å². The number of nitrogens with zero attached hydrogens (tertiary/aromatic N) is 1. The average molecular weight is 551 g/mol. The molecule has 1 heterocycles. The highest BCUT2D eigenvalue weighted by Gasteiger charge is 2.59. The number of anilines is 2. The third-order valence-corrected chi connectivity index (χ3v) is 13.0. The summed E-state index contributed by atoms with van der Waals surface area (Å²) in [4.78, 5) is 6.50. The monoisotopic (exact) mass is 550 g/mol. The van der Waals surface area contributed by atoms with Crippen molar-refractivity contribution in [3.63, 3.8) is 0 Å². The fourth-order valence-corrected chi connectivity index (χ4v) is 11.0. The lowest BCUT2D eigenvalue weighted by molar-refractivity contribution is -0.0392. The van der Waals surface area contributed by atoms with Crippen LogP contribution in [0.1, 0.15) is 103 Å². The van der Waals surface area contributed by atoms with Crippen LogP contribution in [0.2, 0.25) is 5.02 Å². The molecule has 2 nitrogen and oxygen atoms in total. The molecular weight excluding hydrogens is 504 g/mol. The van der Waals surface area contributed by atoms with Crippen molar-refractivity contribution in [2.75, 3.05) is 5.32 Å². The van der Waals surface area contributed by atoms with Crippen molar-refractivity contribution < 1.29 is 0 Å². The highest BCUT2D eigenvalue weighted by Crippen LogP contribution is 2.68. The van der Waals surface area contributed by atoms with Crippen molar-refractivity contribution in [1.82, 2.24) is 4.98 Å². The Hall–Kier alpha value is -1.32. The smallest absolute Gasteiger partial charge is 0.187 e. The van der Waals surface area contributed by atoms with Crippen molar-refractivity contribution in [3.8, 4) is 0 Å². The van der Waals surface area contributed by atoms with Gasteiger partial charge in [0.25, 0.3) is 0 Å². The van der Waals surface area contributed by atoms with Crippen LogP contribution in [-0.2, 0) is 6.42 Å². The maximum Gasteiger partial charge on any atom is 0.187 e. The number of nitrogens with one attached hydrogen (secondary N) is 1. The summed E-state index contributed by atoms with van der Waals surface area (Å²) >= 11 is 8.28. The molecule has 4 heteroatoms. The standard InChI is InChI=1S/C34H47ClN2S/c1-21(2)9-8-10-22(3)24-15-16-25-23-13-14-27-31-30(18-20-34(27,5)26(23)17-19-33(24,25)4)37-32(38-31)36-29-12-7-6-11-28(29)35/h6-7,11-12,14,21-26H,8-10,13,15-20H2,1-5H3,(H,36,37). The summed E-state index contributed by atoms with van der Waals surface area (Å²) in [6.07, 6.45) is 16.3. The molecular formula is C34H47ClN2S. The summed E-state index contributed by atoms with van der Waals surface area (Å²) in [5.41, 5.74) is 4.71. The van der Waals surface area contributed by atoms with Gasteiger partial charge in [0.15, 0.2) is 5.13 Å². The lowest BCUT2D eigenvalue weighted by Gasteiger charge is -2.57. The molecule has 0 bridgehead atoms. The molecule has 1 N–H and O–H groups in total. The molecule has 1 aromatic carbocycles. The largest absolute Gasteiger partial charge is 0.330 e. The molecule has 0 aliphatic heterocycles. The molecule has 4 aliphatic carbocycles. The van der Waals surface area contributed by atoms with Gasteiger partial charge in [-0.25, -0.2) is 4.98 Å². The number of para-hydroxylation sites is 1. The average Bonchev–Trinajstić information content (AvgIpc) is 3.45. The van der Waals surface area contributed by atoms with E-state index >= 15 is 0 Å². The van der Waals surface area contributed by atoms with E-state index in [0.29, 0.717) is 10.8 Å². The maximum atomic E-state index is 6.44. The molecule has 6 rings (SSSR count). The summed E-state index contributed by atoms with van der Waals surface area (Å²) < 4.78 is 0. The van der Waals surface area contributed by atoms with Crippen molar-refractivity contribution in [2.24, 2.45) is 46.3 Å². The van der Waals surface area contributed by atoms with Gasteiger partial charge in [-0.05, 0) is 109 Å². The second-order valence-corrected chi connectivity index (χ2v) is 15.5. The van der Waals surface area contributed by atoms with Gasteiger partial charge in [-0.1, -0.05) is 95.0 Å². The molecule has 4 aliphatic rings. The highest BCUT2D eigenvalue weighted by atomic mass is 35.5. The second kappa shape index (κ2) is 10.3. The molecule has 2 aromatic rings. The molecule has 1 aromatic heterocycles. The summed E-state index contributed by atoms with van der Waals surface area (Å²) in [7, 11) is 0. The van der Waals surface area contributed by atoms with Gasteiger partial charge >= 0.3 is 0 Å². The van der Waals surface area contributed by atoms with Crippen molar-refractivity contribution >= 4 is 39.3 Å². The van der Waals surface area contributed by atoms with Gasteiger partial charge < -0.3 is 5.32 Å². The van der Waals surface area contributed by atoms with Crippen LogP contribution in [0.25, 0.3) is 5.57 Å². The van der Waals surface area contributed by atoms with Gasteiger partial charge in [0.05, 0.1) is 21.3 Å². The number of hydrogen-bond acceptors (Lipinski definition) is 3. The van der Waals surface area contributed by atoms with Crippen molar-refractivity contribution in [1.29, 1.82) is 0 Å². The minimum absolute atomic E-state index is 0.298. The van der Waals surface area contributed by atoms with Gasteiger partial charge in [-0.3, -0.25) is 0 Å². The predicted octanol–water partition coefficient (Wildman–Crippen LogP) is 10.8. The number of aromatic nitrogens is 1. The molecule has 2 saturated carbocycles. The Balaban J connectivity index is 1.22. The zero-order valence-electron chi connectivity index (χ0n) is 24.2. The summed E-state index contributed by atoms with van der Waals surface area (Å²) in [6, 6.07) is 7.98. The van der Waals surface area contributed by atoms with Crippen LogP contribution >= 0.6 is 22.9 Å². The summed E-state index contributed by atoms with van der Waals surface area (Å²) in [5, 5.41) is 5.25. The molecule has 2 fully saturated rings. The van der Waals surface area contributed by atoms with Crippen LogP contribution < -0.4 is 5.32 Å². The number of hydrogen-bond donors (Lipinski definition) is 1. The van der Waals surface area contributed by atoms with E-state index in [1.165, 1.54) is 68.4 Å². The third kappa shape index (κ3) is 4.48. The van der Waals surface area contributed by atoms with Crippen LogP contribution in [0, 0.1) is 46.3 Å². The zero-order chi connectivity index (χ0) is 26.7. The van der Waals surface area contributed by atoms with E-state index in [2.05, 4.69) is 46.0 Å². The molecule has 0 spiro atoms. The first kappa shape index (κ1) is 26.9. The first-order chi connectivity index (χ1) is 18.2. The number of fused-ring (bicyclic) bond motifs is 7. The van der Waals surface area contributed by atoms with Crippen LogP contribution in [0.5, 0.6) is 0 Å². The molecule has 206 valence electrons. The van der Waals surface area contributed by atoms with Gasteiger partial charge in [0, 0.05) is 0 Å². The molecule has 7 atom stereocenters. The van der Waals surface area contributed by atoms with Gasteiger partial charge in [0.2, 0.25) is 0 Å². The Kier molecular flexibility index (Phi) is 7.26. The molecule has 0 saturated heterocycles. The van der Waals surface area contributed by atoms with E-state index in [9.17, 15) is 0 Å². The lowest BCUT2D eigenvalue weighted by Crippen LogP contribution is -2.49. The van der Waals surface area contributed by atoms with Gasteiger partial charge in [0.1, 0.15) is 0 Å². The normalized spacial score (nSPS) is 34.7. The molecule has 38 heavy (non-hydrogen) atoms. The minimum Gasteiger partial charge on any atom is -0.330 e. The number of rotatable bonds is 7. The number of benzene rings is 1. The van der Waals surface area contributed by atoms with E-state index in [4.69, 9.17) is 16.6 Å².